The van der Waals surface area contributed by atoms with Gasteiger partial charge in [0.2, 0.25) is 0 Å². The maximum Gasteiger partial charge on any atom is 0.0238 e. The van der Waals surface area contributed by atoms with Crippen molar-refractivity contribution >= 4 is 0 Å². The van der Waals surface area contributed by atoms with Gasteiger partial charge in [-0.15, -0.1) is 0 Å². The molecule has 3 rings (SSSR count). The van der Waals surface area contributed by atoms with E-state index in [1.165, 1.54) is 64.3 Å². The summed E-state index contributed by atoms with van der Waals surface area (Å²) in [5.41, 5.74) is 0.605. The zero-order valence-electron chi connectivity index (χ0n) is 10.8. The molecule has 0 amide bonds. The fraction of sp³-hybridized carbons (Fsp3) is 1.00. The zero-order chi connectivity index (χ0) is 11.0. The van der Waals surface area contributed by atoms with Crippen molar-refractivity contribution in [2.75, 3.05) is 6.54 Å². The Morgan fingerprint density at radius 1 is 1.06 bits per heavy atom. The molecular weight excluding hydrogens is 194 g/mol. The lowest BCUT2D eigenvalue weighted by Crippen LogP contribution is -2.50. The first-order valence-corrected chi connectivity index (χ1v) is 7.60. The zero-order valence-corrected chi connectivity index (χ0v) is 10.8. The second kappa shape index (κ2) is 4.33. The molecule has 3 fully saturated rings. The molecule has 0 radical (unpaired) electrons. The molecule has 0 aromatic heterocycles. The Hall–Kier alpha value is -0.0400. The average Bonchev–Trinajstić information content (AvgIpc) is 3.08. The van der Waals surface area contributed by atoms with E-state index < -0.39 is 0 Å². The Balaban J connectivity index is 1.73. The summed E-state index contributed by atoms with van der Waals surface area (Å²) in [6.07, 6.45) is 13.4. The number of nitrogens with one attached hydrogen (secondary N) is 1. The van der Waals surface area contributed by atoms with Crippen LogP contribution in [0.4, 0.5) is 0 Å². The van der Waals surface area contributed by atoms with Gasteiger partial charge in [-0.1, -0.05) is 26.2 Å². The molecule has 0 spiro atoms. The van der Waals surface area contributed by atoms with Crippen LogP contribution < -0.4 is 5.32 Å². The Bertz CT molecular complexity index is 238. The quantitative estimate of drug-likeness (QED) is 0.765. The first kappa shape index (κ1) is 11.1. The van der Waals surface area contributed by atoms with E-state index in [2.05, 4.69) is 12.2 Å². The maximum absolute atomic E-state index is 3.95. The molecule has 1 aliphatic heterocycles. The van der Waals surface area contributed by atoms with Crippen LogP contribution in [0, 0.1) is 17.8 Å². The molecule has 3 unspecified atom stereocenters. The van der Waals surface area contributed by atoms with Crippen LogP contribution >= 0.6 is 0 Å². The largest absolute Gasteiger partial charge is 0.311 e. The first-order chi connectivity index (χ1) is 7.85. The highest BCUT2D eigenvalue weighted by atomic mass is 15.0. The highest BCUT2D eigenvalue weighted by Gasteiger charge is 2.51. The minimum Gasteiger partial charge on any atom is -0.311 e. The van der Waals surface area contributed by atoms with Crippen LogP contribution in [0.2, 0.25) is 0 Å². The summed E-state index contributed by atoms with van der Waals surface area (Å²) in [6, 6.07) is 0. The van der Waals surface area contributed by atoms with E-state index in [4.69, 9.17) is 0 Å². The molecule has 1 saturated heterocycles. The van der Waals surface area contributed by atoms with Crippen molar-refractivity contribution in [1.82, 2.24) is 5.32 Å². The van der Waals surface area contributed by atoms with E-state index in [1.54, 1.807) is 0 Å². The summed E-state index contributed by atoms with van der Waals surface area (Å²) >= 11 is 0. The normalized spacial score (nSPS) is 44.8. The molecule has 1 nitrogen and oxygen atoms in total. The molecule has 1 N–H and O–H groups in total. The molecule has 0 aromatic carbocycles. The Labute approximate surface area is 100 Å². The van der Waals surface area contributed by atoms with E-state index >= 15 is 0 Å². The predicted octanol–water partition coefficient (Wildman–Crippen LogP) is 3.74. The van der Waals surface area contributed by atoms with E-state index in [0.29, 0.717) is 5.54 Å². The van der Waals surface area contributed by atoms with Gasteiger partial charge in [-0.3, -0.25) is 0 Å². The molecule has 1 heterocycles. The van der Waals surface area contributed by atoms with Gasteiger partial charge >= 0.3 is 0 Å². The summed E-state index contributed by atoms with van der Waals surface area (Å²) in [6.45, 7) is 3.68. The Morgan fingerprint density at radius 3 is 2.56 bits per heavy atom. The van der Waals surface area contributed by atoms with Gasteiger partial charge in [0, 0.05) is 5.54 Å². The fourth-order valence-electron chi connectivity index (χ4n) is 4.55. The highest BCUT2D eigenvalue weighted by Crippen LogP contribution is 2.52. The topological polar surface area (TPSA) is 12.0 Å². The lowest BCUT2D eigenvalue weighted by atomic mass is 9.68. The third-order valence-corrected chi connectivity index (χ3v) is 5.62. The van der Waals surface area contributed by atoms with Crippen molar-refractivity contribution in [3.63, 3.8) is 0 Å². The molecule has 3 aliphatic rings. The summed E-state index contributed by atoms with van der Waals surface area (Å²) < 4.78 is 0. The van der Waals surface area contributed by atoms with E-state index in [-0.39, 0.29) is 0 Å². The Kier molecular flexibility index (Phi) is 2.99. The van der Waals surface area contributed by atoms with Gasteiger partial charge in [-0.25, -0.2) is 0 Å². The molecule has 92 valence electrons. The molecule has 1 heteroatoms. The van der Waals surface area contributed by atoms with Crippen molar-refractivity contribution in [3.05, 3.63) is 0 Å². The van der Waals surface area contributed by atoms with Crippen LogP contribution in [0.1, 0.15) is 64.7 Å². The summed E-state index contributed by atoms with van der Waals surface area (Å²) in [5, 5.41) is 3.95. The minimum atomic E-state index is 0.605. The average molecular weight is 221 g/mol. The van der Waals surface area contributed by atoms with Crippen molar-refractivity contribution in [2.45, 2.75) is 70.3 Å². The minimum absolute atomic E-state index is 0.605. The van der Waals surface area contributed by atoms with Gasteiger partial charge in [0.25, 0.3) is 0 Å². The molecule has 2 aliphatic carbocycles. The maximum atomic E-state index is 3.95. The van der Waals surface area contributed by atoms with Gasteiger partial charge in [-0.2, -0.15) is 0 Å². The van der Waals surface area contributed by atoms with Crippen LogP contribution in [0.3, 0.4) is 0 Å². The second-order valence-corrected chi connectivity index (χ2v) is 6.48. The number of rotatable bonds is 3. The highest BCUT2D eigenvalue weighted by molar-refractivity contribution is 5.08. The molecule has 0 aromatic rings. The van der Waals surface area contributed by atoms with Crippen LogP contribution in [-0.4, -0.2) is 12.1 Å². The van der Waals surface area contributed by atoms with E-state index in [0.717, 1.165) is 17.8 Å². The van der Waals surface area contributed by atoms with Crippen LogP contribution in [0.25, 0.3) is 0 Å². The summed E-state index contributed by atoms with van der Waals surface area (Å²) in [7, 11) is 0. The van der Waals surface area contributed by atoms with Gasteiger partial charge in [0.1, 0.15) is 0 Å². The van der Waals surface area contributed by atoms with Gasteiger partial charge in [0.05, 0.1) is 0 Å². The summed E-state index contributed by atoms with van der Waals surface area (Å²) in [4.78, 5) is 0. The third-order valence-electron chi connectivity index (χ3n) is 5.62. The van der Waals surface area contributed by atoms with Gasteiger partial charge in [-0.05, 0) is 62.8 Å². The van der Waals surface area contributed by atoms with Gasteiger partial charge in [0.15, 0.2) is 0 Å². The van der Waals surface area contributed by atoms with Crippen LogP contribution in [0.15, 0.2) is 0 Å². The summed E-state index contributed by atoms with van der Waals surface area (Å²) in [5.74, 6) is 3.11. The molecule has 16 heavy (non-hydrogen) atoms. The lowest BCUT2D eigenvalue weighted by Gasteiger charge is -2.43. The lowest BCUT2D eigenvalue weighted by molar-refractivity contribution is 0.124. The first-order valence-electron chi connectivity index (χ1n) is 7.60. The smallest absolute Gasteiger partial charge is 0.0238 e. The number of hydrogen-bond donors (Lipinski definition) is 1. The molecule has 3 atom stereocenters. The number of hydrogen-bond acceptors (Lipinski definition) is 1. The standard InChI is InChI=1S/C15H27N/c1-2-12-5-3-6-14(11-12)15(13-7-8-13)9-4-10-16-15/h12-14,16H,2-11H2,1H3. The SMILES string of the molecule is CCC1CCCC(C2(C3CC3)CCCN2)C1. The molecule has 0 bridgehead atoms. The van der Waals surface area contributed by atoms with Crippen molar-refractivity contribution in [3.8, 4) is 0 Å². The monoisotopic (exact) mass is 221 g/mol. The third kappa shape index (κ3) is 1.81. The molecule has 2 saturated carbocycles. The predicted molar refractivity (Wildman–Crippen MR) is 68.4 cm³/mol. The van der Waals surface area contributed by atoms with Crippen molar-refractivity contribution in [2.24, 2.45) is 17.8 Å². The molecular formula is C15H27N. The van der Waals surface area contributed by atoms with E-state index in [1.807, 2.05) is 0 Å². The van der Waals surface area contributed by atoms with E-state index in [9.17, 15) is 0 Å². The fourth-order valence-corrected chi connectivity index (χ4v) is 4.55. The van der Waals surface area contributed by atoms with Crippen molar-refractivity contribution in [1.29, 1.82) is 0 Å². The van der Waals surface area contributed by atoms with Gasteiger partial charge < -0.3 is 5.32 Å². The van der Waals surface area contributed by atoms with Crippen LogP contribution in [0.5, 0.6) is 0 Å². The van der Waals surface area contributed by atoms with Crippen molar-refractivity contribution < 1.29 is 0 Å². The van der Waals surface area contributed by atoms with Crippen LogP contribution in [-0.2, 0) is 0 Å². The Morgan fingerprint density at radius 2 is 1.94 bits per heavy atom. The second-order valence-electron chi connectivity index (χ2n) is 6.48.